The zero-order valence-electron chi connectivity index (χ0n) is 10.8. The van der Waals surface area contributed by atoms with Crippen molar-refractivity contribution in [1.82, 2.24) is 0 Å². The van der Waals surface area contributed by atoms with Crippen LogP contribution in [0.4, 0.5) is 4.39 Å². The van der Waals surface area contributed by atoms with Crippen LogP contribution in [0.15, 0.2) is 53.0 Å². The SMILES string of the molecule is Fc1ccc(CC(CBr)(CBr)c2ccccc2)c(Br)c1. The number of hydrogen-bond acceptors (Lipinski definition) is 0. The molecule has 0 radical (unpaired) electrons. The Kier molecular flexibility index (Phi) is 5.82. The van der Waals surface area contributed by atoms with Gasteiger partial charge in [-0.15, -0.1) is 0 Å². The normalized spacial score (nSPS) is 11.6. The van der Waals surface area contributed by atoms with Crippen LogP contribution in [0.5, 0.6) is 0 Å². The molecular weight excluding hydrogens is 451 g/mol. The van der Waals surface area contributed by atoms with Gasteiger partial charge in [-0.3, -0.25) is 0 Å². The highest BCUT2D eigenvalue weighted by Crippen LogP contribution is 2.34. The van der Waals surface area contributed by atoms with E-state index in [-0.39, 0.29) is 11.2 Å². The van der Waals surface area contributed by atoms with Crippen molar-refractivity contribution in [3.8, 4) is 0 Å². The molecule has 0 nitrogen and oxygen atoms in total. The van der Waals surface area contributed by atoms with Gasteiger partial charge in [-0.05, 0) is 29.7 Å². The largest absolute Gasteiger partial charge is 0.207 e. The number of halogens is 4. The second kappa shape index (κ2) is 7.19. The molecule has 0 spiro atoms. The van der Waals surface area contributed by atoms with Crippen molar-refractivity contribution in [2.24, 2.45) is 0 Å². The molecule has 0 unspecified atom stereocenters. The van der Waals surface area contributed by atoms with E-state index >= 15 is 0 Å². The fraction of sp³-hybridized carbons (Fsp3) is 0.250. The first kappa shape index (κ1) is 16.2. The maximum absolute atomic E-state index is 13.2. The zero-order valence-corrected chi connectivity index (χ0v) is 15.5. The van der Waals surface area contributed by atoms with Crippen LogP contribution < -0.4 is 0 Å². The summed E-state index contributed by atoms with van der Waals surface area (Å²) in [5.74, 6) is -0.219. The van der Waals surface area contributed by atoms with E-state index in [2.05, 4.69) is 72.1 Å². The Labute approximate surface area is 144 Å². The summed E-state index contributed by atoms with van der Waals surface area (Å²) in [5, 5.41) is 1.66. The van der Waals surface area contributed by atoms with E-state index in [9.17, 15) is 4.39 Å². The van der Waals surface area contributed by atoms with Gasteiger partial charge in [0.15, 0.2) is 0 Å². The Morgan fingerprint density at radius 2 is 1.60 bits per heavy atom. The first-order valence-corrected chi connectivity index (χ1v) is 9.26. The molecule has 0 amide bonds. The highest BCUT2D eigenvalue weighted by atomic mass is 79.9. The molecule has 106 valence electrons. The molecule has 2 aromatic carbocycles. The average Bonchev–Trinajstić information content (AvgIpc) is 2.48. The summed E-state index contributed by atoms with van der Waals surface area (Å²) >= 11 is 10.8. The van der Waals surface area contributed by atoms with Gasteiger partial charge in [0, 0.05) is 20.5 Å². The molecule has 4 heteroatoms. The van der Waals surface area contributed by atoms with E-state index in [1.165, 1.54) is 17.7 Å². The average molecular weight is 465 g/mol. The number of benzene rings is 2. The summed E-state index contributed by atoms with van der Waals surface area (Å²) in [7, 11) is 0. The Morgan fingerprint density at radius 3 is 2.15 bits per heavy atom. The highest BCUT2D eigenvalue weighted by Gasteiger charge is 2.31. The van der Waals surface area contributed by atoms with Gasteiger partial charge in [0.25, 0.3) is 0 Å². The topological polar surface area (TPSA) is 0 Å². The number of alkyl halides is 2. The minimum atomic E-state index is -0.219. The van der Waals surface area contributed by atoms with Crippen LogP contribution in [0.2, 0.25) is 0 Å². The van der Waals surface area contributed by atoms with Crippen LogP contribution >= 0.6 is 47.8 Å². The lowest BCUT2D eigenvalue weighted by Gasteiger charge is -2.31. The molecule has 0 heterocycles. The van der Waals surface area contributed by atoms with Crippen molar-refractivity contribution in [3.05, 3.63) is 69.9 Å². The molecule has 0 fully saturated rings. The van der Waals surface area contributed by atoms with Gasteiger partial charge in [-0.2, -0.15) is 0 Å². The third kappa shape index (κ3) is 3.52. The van der Waals surface area contributed by atoms with Gasteiger partial charge in [0.05, 0.1) is 0 Å². The van der Waals surface area contributed by atoms with E-state index in [0.29, 0.717) is 0 Å². The van der Waals surface area contributed by atoms with Gasteiger partial charge >= 0.3 is 0 Å². The van der Waals surface area contributed by atoms with Crippen molar-refractivity contribution < 1.29 is 4.39 Å². The van der Waals surface area contributed by atoms with Crippen LogP contribution in [0.1, 0.15) is 11.1 Å². The van der Waals surface area contributed by atoms with E-state index in [0.717, 1.165) is 27.1 Å². The Morgan fingerprint density at radius 1 is 0.950 bits per heavy atom. The first-order chi connectivity index (χ1) is 9.61. The molecule has 0 aliphatic heterocycles. The van der Waals surface area contributed by atoms with Crippen molar-refractivity contribution in [2.75, 3.05) is 10.7 Å². The maximum Gasteiger partial charge on any atom is 0.124 e. The van der Waals surface area contributed by atoms with Gasteiger partial charge in [0.2, 0.25) is 0 Å². The third-order valence-corrected chi connectivity index (χ3v) is 6.33. The standard InChI is InChI=1S/C16H14Br3F/c17-10-16(11-18,13-4-2-1-3-5-13)9-12-6-7-14(20)8-15(12)19/h1-8H,9-11H2. The van der Waals surface area contributed by atoms with Gasteiger partial charge in [-0.1, -0.05) is 84.2 Å². The van der Waals surface area contributed by atoms with Crippen LogP contribution in [0.25, 0.3) is 0 Å². The zero-order chi connectivity index (χ0) is 14.6. The minimum Gasteiger partial charge on any atom is -0.207 e. The lowest BCUT2D eigenvalue weighted by molar-refractivity contribution is 0.548. The van der Waals surface area contributed by atoms with Crippen LogP contribution in [-0.4, -0.2) is 10.7 Å². The quantitative estimate of drug-likeness (QED) is 0.486. The van der Waals surface area contributed by atoms with Crippen LogP contribution in [-0.2, 0) is 11.8 Å². The Balaban J connectivity index is 2.39. The van der Waals surface area contributed by atoms with E-state index < -0.39 is 0 Å². The van der Waals surface area contributed by atoms with E-state index in [4.69, 9.17) is 0 Å². The minimum absolute atomic E-state index is 0.0540. The summed E-state index contributed by atoms with van der Waals surface area (Å²) in [6.45, 7) is 0. The maximum atomic E-state index is 13.2. The van der Waals surface area contributed by atoms with Crippen molar-refractivity contribution >= 4 is 47.8 Å². The van der Waals surface area contributed by atoms with Crippen molar-refractivity contribution in [3.63, 3.8) is 0 Å². The molecule has 0 N–H and O–H groups in total. The lowest BCUT2D eigenvalue weighted by atomic mass is 9.79. The van der Waals surface area contributed by atoms with Crippen molar-refractivity contribution in [1.29, 1.82) is 0 Å². The molecule has 2 aromatic rings. The molecule has 2 rings (SSSR count). The fourth-order valence-electron chi connectivity index (χ4n) is 2.21. The summed E-state index contributed by atoms with van der Waals surface area (Å²) in [6.07, 6.45) is 0.828. The molecule has 0 aromatic heterocycles. The monoisotopic (exact) mass is 462 g/mol. The Hall–Kier alpha value is -0.190. The molecule has 0 bridgehead atoms. The van der Waals surface area contributed by atoms with Gasteiger partial charge in [0.1, 0.15) is 5.82 Å². The van der Waals surface area contributed by atoms with Crippen molar-refractivity contribution in [2.45, 2.75) is 11.8 Å². The summed E-state index contributed by atoms with van der Waals surface area (Å²) in [6, 6.07) is 15.3. The summed E-state index contributed by atoms with van der Waals surface area (Å²) in [5.41, 5.74) is 2.32. The Bertz CT molecular complexity index is 565. The summed E-state index contributed by atoms with van der Waals surface area (Å²) in [4.78, 5) is 0. The lowest BCUT2D eigenvalue weighted by Crippen LogP contribution is -2.33. The predicted octanol–water partition coefficient (Wildman–Crippen LogP) is 5.86. The number of hydrogen-bond donors (Lipinski definition) is 0. The molecule has 0 atom stereocenters. The predicted molar refractivity (Wildman–Crippen MR) is 93.5 cm³/mol. The highest BCUT2D eigenvalue weighted by molar-refractivity contribution is 9.10. The molecule has 0 saturated carbocycles. The van der Waals surface area contributed by atoms with E-state index in [1.54, 1.807) is 0 Å². The summed E-state index contributed by atoms with van der Waals surface area (Å²) < 4.78 is 14.0. The van der Waals surface area contributed by atoms with E-state index in [1.807, 2.05) is 12.1 Å². The molecule has 20 heavy (non-hydrogen) atoms. The second-order valence-electron chi connectivity index (χ2n) is 4.83. The molecular formula is C16H14Br3F. The third-order valence-electron chi connectivity index (χ3n) is 3.44. The smallest absolute Gasteiger partial charge is 0.124 e. The first-order valence-electron chi connectivity index (χ1n) is 6.23. The molecule has 0 aliphatic rings. The molecule has 0 saturated heterocycles. The molecule has 0 aliphatic carbocycles. The van der Waals surface area contributed by atoms with Crippen LogP contribution in [0.3, 0.4) is 0 Å². The number of rotatable bonds is 5. The van der Waals surface area contributed by atoms with Gasteiger partial charge in [-0.25, -0.2) is 4.39 Å². The second-order valence-corrected chi connectivity index (χ2v) is 6.80. The fourth-order valence-corrected chi connectivity index (χ4v) is 4.67. The van der Waals surface area contributed by atoms with Crippen LogP contribution in [0, 0.1) is 5.82 Å². The van der Waals surface area contributed by atoms with Gasteiger partial charge < -0.3 is 0 Å².